The van der Waals surface area contributed by atoms with E-state index in [4.69, 9.17) is 9.47 Å². The molecule has 3 nitrogen and oxygen atoms in total. The second-order valence-corrected chi connectivity index (χ2v) is 5.03. The van der Waals surface area contributed by atoms with Gasteiger partial charge in [0, 0.05) is 18.4 Å². The zero-order chi connectivity index (χ0) is 15.1. The molecule has 0 N–H and O–H groups in total. The van der Waals surface area contributed by atoms with Gasteiger partial charge in [-0.25, -0.2) is 0 Å². The van der Waals surface area contributed by atoms with Crippen molar-refractivity contribution >= 4 is 0 Å². The van der Waals surface area contributed by atoms with Gasteiger partial charge in [-0.15, -0.1) is 0 Å². The number of hydrogen-bond donors (Lipinski definition) is 0. The van der Waals surface area contributed by atoms with E-state index >= 15 is 0 Å². The molecule has 0 saturated heterocycles. The minimum atomic E-state index is 0.0173. The van der Waals surface area contributed by atoms with Crippen LogP contribution in [0.3, 0.4) is 0 Å². The molecule has 0 bridgehead atoms. The summed E-state index contributed by atoms with van der Waals surface area (Å²) in [5.74, 6) is 0.843. The van der Waals surface area contributed by atoms with Gasteiger partial charge < -0.3 is 9.47 Å². The van der Waals surface area contributed by atoms with Gasteiger partial charge in [0.15, 0.2) is 0 Å². The number of hydrogen-bond acceptors (Lipinski definition) is 3. The van der Waals surface area contributed by atoms with E-state index in [9.17, 15) is 0 Å². The lowest BCUT2D eigenvalue weighted by Crippen LogP contribution is -2.04. The summed E-state index contributed by atoms with van der Waals surface area (Å²) in [4.78, 5) is 4.45. The van der Waals surface area contributed by atoms with E-state index in [2.05, 4.69) is 24.9 Å². The number of nitrogens with zero attached hydrogens (tertiary/aromatic N) is 1. The largest absolute Gasteiger partial charge is 0.497 e. The second kappa shape index (κ2) is 7.79. The first-order valence-electron chi connectivity index (χ1n) is 7.47. The standard InChI is InChI=1S/C18H23NO2/c1-4-5-12-21-14(2)17-13-15(20-3)9-10-16(17)18-8-6-7-11-19-18/h6-11,13-14H,4-5,12H2,1-3H3. The first-order valence-corrected chi connectivity index (χ1v) is 7.47. The van der Waals surface area contributed by atoms with E-state index < -0.39 is 0 Å². The Morgan fingerprint density at radius 3 is 2.71 bits per heavy atom. The van der Waals surface area contributed by atoms with E-state index in [0.717, 1.165) is 42.0 Å². The summed E-state index contributed by atoms with van der Waals surface area (Å²) in [6, 6.07) is 12.0. The third kappa shape index (κ3) is 4.05. The molecule has 1 aromatic heterocycles. The van der Waals surface area contributed by atoms with Crippen LogP contribution in [0, 0.1) is 0 Å². The molecule has 0 radical (unpaired) electrons. The van der Waals surface area contributed by atoms with E-state index in [1.54, 1.807) is 7.11 Å². The third-order valence-corrected chi connectivity index (χ3v) is 3.50. The molecule has 0 aliphatic heterocycles. The maximum Gasteiger partial charge on any atom is 0.119 e. The van der Waals surface area contributed by atoms with Crippen molar-refractivity contribution in [3.05, 3.63) is 48.2 Å². The average Bonchev–Trinajstić information content (AvgIpc) is 2.55. The molecule has 0 amide bonds. The normalized spacial score (nSPS) is 12.1. The fourth-order valence-electron chi connectivity index (χ4n) is 2.25. The Labute approximate surface area is 126 Å². The molecule has 0 fully saturated rings. The van der Waals surface area contributed by atoms with Gasteiger partial charge in [0.25, 0.3) is 0 Å². The maximum atomic E-state index is 5.95. The topological polar surface area (TPSA) is 31.4 Å². The molecule has 1 atom stereocenters. The molecule has 0 aliphatic rings. The van der Waals surface area contributed by atoms with E-state index in [1.165, 1.54) is 0 Å². The first-order chi connectivity index (χ1) is 10.3. The van der Waals surface area contributed by atoms with Crippen molar-refractivity contribution in [2.24, 2.45) is 0 Å². The monoisotopic (exact) mass is 285 g/mol. The summed E-state index contributed by atoms with van der Waals surface area (Å²) < 4.78 is 11.3. The lowest BCUT2D eigenvalue weighted by Gasteiger charge is -2.18. The Morgan fingerprint density at radius 1 is 1.19 bits per heavy atom. The molecule has 1 unspecified atom stereocenters. The van der Waals surface area contributed by atoms with Gasteiger partial charge in [-0.05, 0) is 49.2 Å². The predicted molar refractivity (Wildman–Crippen MR) is 85.5 cm³/mol. The summed E-state index contributed by atoms with van der Waals surface area (Å²) in [5.41, 5.74) is 3.17. The summed E-state index contributed by atoms with van der Waals surface area (Å²) in [6.07, 6.45) is 4.04. The Balaban J connectivity index is 2.32. The lowest BCUT2D eigenvalue weighted by atomic mass is 9.99. The number of ether oxygens (including phenoxy) is 2. The molecule has 21 heavy (non-hydrogen) atoms. The van der Waals surface area contributed by atoms with E-state index in [0.29, 0.717) is 0 Å². The van der Waals surface area contributed by atoms with Crippen LogP contribution in [-0.4, -0.2) is 18.7 Å². The number of rotatable bonds is 7. The van der Waals surface area contributed by atoms with Crippen molar-refractivity contribution in [1.29, 1.82) is 0 Å². The minimum Gasteiger partial charge on any atom is -0.497 e. The Hall–Kier alpha value is -1.87. The molecule has 3 heteroatoms. The van der Waals surface area contributed by atoms with Gasteiger partial charge in [0.2, 0.25) is 0 Å². The van der Waals surface area contributed by atoms with Crippen LogP contribution >= 0.6 is 0 Å². The zero-order valence-corrected chi connectivity index (χ0v) is 13.0. The summed E-state index contributed by atoms with van der Waals surface area (Å²) in [6.45, 7) is 5.02. The van der Waals surface area contributed by atoms with Crippen LogP contribution in [0.2, 0.25) is 0 Å². The van der Waals surface area contributed by atoms with Crippen LogP contribution in [0.15, 0.2) is 42.6 Å². The van der Waals surface area contributed by atoms with Crippen molar-refractivity contribution in [2.75, 3.05) is 13.7 Å². The molecule has 2 aromatic rings. The van der Waals surface area contributed by atoms with Crippen LogP contribution in [0.25, 0.3) is 11.3 Å². The quantitative estimate of drug-likeness (QED) is 0.695. The first kappa shape index (κ1) is 15.5. The summed E-state index contributed by atoms with van der Waals surface area (Å²) in [7, 11) is 1.68. The van der Waals surface area contributed by atoms with E-state index in [-0.39, 0.29) is 6.10 Å². The molecule has 0 spiro atoms. The SMILES string of the molecule is CCCCOC(C)c1cc(OC)ccc1-c1ccccn1. The molecule has 0 saturated carbocycles. The van der Waals surface area contributed by atoms with Crippen LogP contribution in [0.4, 0.5) is 0 Å². The van der Waals surface area contributed by atoms with Crippen LogP contribution in [0.5, 0.6) is 5.75 Å². The highest BCUT2D eigenvalue weighted by atomic mass is 16.5. The lowest BCUT2D eigenvalue weighted by molar-refractivity contribution is 0.0639. The molecule has 2 rings (SSSR count). The van der Waals surface area contributed by atoms with Gasteiger partial charge in [-0.2, -0.15) is 0 Å². The molecule has 1 heterocycles. The van der Waals surface area contributed by atoms with Crippen LogP contribution < -0.4 is 4.74 Å². The smallest absolute Gasteiger partial charge is 0.119 e. The third-order valence-electron chi connectivity index (χ3n) is 3.50. The van der Waals surface area contributed by atoms with Gasteiger partial charge >= 0.3 is 0 Å². The number of aromatic nitrogens is 1. The zero-order valence-electron chi connectivity index (χ0n) is 13.0. The second-order valence-electron chi connectivity index (χ2n) is 5.03. The average molecular weight is 285 g/mol. The number of pyridine rings is 1. The van der Waals surface area contributed by atoms with Gasteiger partial charge in [0.1, 0.15) is 5.75 Å². The van der Waals surface area contributed by atoms with Gasteiger partial charge in [0.05, 0.1) is 18.9 Å². The molecule has 0 aliphatic carbocycles. The van der Waals surface area contributed by atoms with Gasteiger partial charge in [-0.3, -0.25) is 4.98 Å². The predicted octanol–water partition coefficient (Wildman–Crippen LogP) is 4.63. The highest BCUT2D eigenvalue weighted by Gasteiger charge is 2.14. The Kier molecular flexibility index (Phi) is 5.76. The number of unbranched alkanes of at least 4 members (excludes halogenated alkanes) is 1. The highest BCUT2D eigenvalue weighted by Crippen LogP contribution is 2.32. The Bertz CT molecular complexity index is 554. The Morgan fingerprint density at radius 2 is 2.05 bits per heavy atom. The van der Waals surface area contributed by atoms with Crippen molar-refractivity contribution in [3.8, 4) is 17.0 Å². The maximum absolute atomic E-state index is 5.95. The van der Waals surface area contributed by atoms with E-state index in [1.807, 2.05) is 36.5 Å². The van der Waals surface area contributed by atoms with Crippen molar-refractivity contribution < 1.29 is 9.47 Å². The molecular weight excluding hydrogens is 262 g/mol. The summed E-state index contributed by atoms with van der Waals surface area (Å²) in [5, 5.41) is 0. The van der Waals surface area contributed by atoms with Crippen molar-refractivity contribution in [3.63, 3.8) is 0 Å². The van der Waals surface area contributed by atoms with Crippen LogP contribution in [-0.2, 0) is 4.74 Å². The van der Waals surface area contributed by atoms with Crippen molar-refractivity contribution in [1.82, 2.24) is 4.98 Å². The minimum absolute atomic E-state index is 0.0173. The van der Waals surface area contributed by atoms with Crippen molar-refractivity contribution in [2.45, 2.75) is 32.8 Å². The fourth-order valence-corrected chi connectivity index (χ4v) is 2.25. The van der Waals surface area contributed by atoms with Gasteiger partial charge in [-0.1, -0.05) is 19.4 Å². The fraction of sp³-hybridized carbons (Fsp3) is 0.389. The number of methoxy groups -OCH3 is 1. The summed E-state index contributed by atoms with van der Waals surface area (Å²) >= 11 is 0. The molecule has 112 valence electrons. The molecule has 1 aromatic carbocycles. The number of benzene rings is 1. The molecular formula is C18H23NO2. The van der Waals surface area contributed by atoms with Crippen LogP contribution in [0.1, 0.15) is 38.4 Å². The highest BCUT2D eigenvalue weighted by molar-refractivity contribution is 5.65.